The number of hydrogen-bond donors (Lipinski definition) is 0. The number of carbonyl (C=O) groups is 1. The van der Waals surface area contributed by atoms with Crippen LogP contribution in [-0.2, 0) is 21.2 Å². The fourth-order valence-corrected chi connectivity index (χ4v) is 4.67. The van der Waals surface area contributed by atoms with Gasteiger partial charge in [0, 0.05) is 30.1 Å². The minimum atomic E-state index is -3.65. The van der Waals surface area contributed by atoms with E-state index < -0.39 is 9.84 Å². The largest absolute Gasteiger partial charge is 0.486 e. The molecule has 1 amide bonds. The zero-order valence-corrected chi connectivity index (χ0v) is 19.0. The molecule has 0 saturated heterocycles. The minimum absolute atomic E-state index is 0.107. The lowest BCUT2D eigenvalue weighted by atomic mass is 10.2. The zero-order valence-electron chi connectivity index (χ0n) is 17.4. The van der Waals surface area contributed by atoms with Crippen LogP contribution in [0.3, 0.4) is 0 Å². The van der Waals surface area contributed by atoms with Crippen LogP contribution >= 0.6 is 11.6 Å². The highest BCUT2D eigenvalue weighted by Crippen LogP contribution is 2.32. The number of amides is 1. The molecule has 32 heavy (non-hydrogen) atoms. The first-order valence-corrected chi connectivity index (χ1v) is 12.1. The number of nitrogens with zero attached hydrogens (tertiary/aromatic N) is 1. The quantitative estimate of drug-likeness (QED) is 0.509. The van der Waals surface area contributed by atoms with Crippen molar-refractivity contribution in [2.45, 2.75) is 17.9 Å². The third-order valence-electron chi connectivity index (χ3n) is 5.07. The predicted octanol–water partition coefficient (Wildman–Crippen LogP) is 4.19. The van der Waals surface area contributed by atoms with Crippen molar-refractivity contribution in [3.8, 4) is 22.8 Å². The molecule has 0 N–H and O–H groups in total. The number of carbonyl (C=O) groups excluding carboxylic acids is 1. The lowest BCUT2D eigenvalue weighted by Gasteiger charge is -2.19. The molecular weight excluding hydrogens is 454 g/mol. The van der Waals surface area contributed by atoms with Crippen LogP contribution in [0.2, 0.25) is 5.02 Å². The number of sulfone groups is 1. The van der Waals surface area contributed by atoms with Gasteiger partial charge in [0.1, 0.15) is 24.7 Å². The van der Waals surface area contributed by atoms with Crippen LogP contribution in [0, 0.1) is 0 Å². The van der Waals surface area contributed by atoms with Crippen LogP contribution in [0.4, 0.5) is 0 Å². The molecule has 3 aromatic rings. The van der Waals surface area contributed by atoms with Gasteiger partial charge in [-0.3, -0.25) is 4.79 Å². The molecule has 4 rings (SSSR count). The molecule has 7 nitrogen and oxygen atoms in total. The van der Waals surface area contributed by atoms with Crippen molar-refractivity contribution in [1.29, 1.82) is 0 Å². The summed E-state index contributed by atoms with van der Waals surface area (Å²) in [5.41, 5.74) is 0.875. The SMILES string of the molecule is CN(Cc1ccc(-c2ccc(Cl)cc2)o1)C(=O)CCS(=O)(=O)c1ccc2c(c1)OCCO2. The summed E-state index contributed by atoms with van der Waals surface area (Å²) in [6.45, 7) is 1.03. The molecule has 0 bridgehead atoms. The fourth-order valence-electron chi connectivity index (χ4n) is 3.30. The van der Waals surface area contributed by atoms with Crippen molar-refractivity contribution >= 4 is 27.3 Å². The van der Waals surface area contributed by atoms with Gasteiger partial charge < -0.3 is 18.8 Å². The Balaban J connectivity index is 1.35. The van der Waals surface area contributed by atoms with E-state index in [4.69, 9.17) is 25.5 Å². The number of furan rings is 1. The third-order valence-corrected chi connectivity index (χ3v) is 7.03. The zero-order chi connectivity index (χ0) is 22.7. The van der Waals surface area contributed by atoms with Crippen LogP contribution in [0.25, 0.3) is 11.3 Å². The summed E-state index contributed by atoms with van der Waals surface area (Å²) in [4.78, 5) is 14.1. The average molecular weight is 476 g/mol. The van der Waals surface area contributed by atoms with Crippen molar-refractivity contribution in [2.75, 3.05) is 26.0 Å². The van der Waals surface area contributed by atoms with Crippen molar-refractivity contribution < 1.29 is 27.1 Å². The molecule has 168 valence electrons. The van der Waals surface area contributed by atoms with Gasteiger partial charge in [0.2, 0.25) is 5.91 Å². The van der Waals surface area contributed by atoms with E-state index in [2.05, 4.69) is 0 Å². The van der Waals surface area contributed by atoms with E-state index in [1.54, 1.807) is 31.3 Å². The maximum atomic E-state index is 12.7. The number of ether oxygens (including phenoxy) is 2. The highest BCUT2D eigenvalue weighted by molar-refractivity contribution is 7.91. The predicted molar refractivity (Wildman–Crippen MR) is 120 cm³/mol. The summed E-state index contributed by atoms with van der Waals surface area (Å²) in [5, 5.41) is 0.636. The fraction of sp³-hybridized carbons (Fsp3) is 0.261. The Bertz CT molecular complexity index is 1220. The average Bonchev–Trinajstić information content (AvgIpc) is 3.26. The molecule has 0 saturated carbocycles. The van der Waals surface area contributed by atoms with E-state index in [1.165, 1.54) is 17.0 Å². The van der Waals surface area contributed by atoms with E-state index in [0.29, 0.717) is 41.3 Å². The molecular formula is C23H22ClNO6S. The second-order valence-electron chi connectivity index (χ2n) is 7.40. The Morgan fingerprint density at radius 2 is 1.72 bits per heavy atom. The lowest BCUT2D eigenvalue weighted by molar-refractivity contribution is -0.130. The molecule has 0 atom stereocenters. The smallest absolute Gasteiger partial charge is 0.223 e. The molecule has 1 aromatic heterocycles. The highest BCUT2D eigenvalue weighted by atomic mass is 35.5. The third kappa shape index (κ3) is 5.08. The van der Waals surface area contributed by atoms with Crippen LogP contribution in [0.15, 0.2) is 63.9 Å². The van der Waals surface area contributed by atoms with Gasteiger partial charge in [0.15, 0.2) is 21.3 Å². The number of hydrogen-bond acceptors (Lipinski definition) is 6. The van der Waals surface area contributed by atoms with Gasteiger partial charge in [-0.2, -0.15) is 0 Å². The molecule has 1 aliphatic heterocycles. The number of fused-ring (bicyclic) bond motifs is 1. The first-order chi connectivity index (χ1) is 15.3. The van der Waals surface area contributed by atoms with E-state index in [0.717, 1.165) is 5.56 Å². The highest BCUT2D eigenvalue weighted by Gasteiger charge is 2.22. The van der Waals surface area contributed by atoms with E-state index in [-0.39, 0.29) is 29.5 Å². The number of benzene rings is 2. The molecule has 2 heterocycles. The maximum Gasteiger partial charge on any atom is 0.223 e. The molecule has 0 aliphatic carbocycles. The first kappa shape index (κ1) is 22.2. The van der Waals surface area contributed by atoms with Crippen molar-refractivity contribution in [3.05, 3.63) is 65.4 Å². The van der Waals surface area contributed by atoms with Crippen LogP contribution in [0.5, 0.6) is 11.5 Å². The molecule has 0 radical (unpaired) electrons. The van der Waals surface area contributed by atoms with E-state index in [1.807, 2.05) is 18.2 Å². The van der Waals surface area contributed by atoms with Crippen LogP contribution in [-0.4, -0.2) is 45.2 Å². The van der Waals surface area contributed by atoms with Gasteiger partial charge >= 0.3 is 0 Å². The Morgan fingerprint density at radius 3 is 2.47 bits per heavy atom. The van der Waals surface area contributed by atoms with Crippen molar-refractivity contribution in [1.82, 2.24) is 4.90 Å². The van der Waals surface area contributed by atoms with Crippen molar-refractivity contribution in [3.63, 3.8) is 0 Å². The summed E-state index contributed by atoms with van der Waals surface area (Å²) in [7, 11) is -2.03. The monoisotopic (exact) mass is 475 g/mol. The molecule has 0 fully saturated rings. The lowest BCUT2D eigenvalue weighted by Crippen LogP contribution is -2.27. The topological polar surface area (TPSA) is 86.1 Å². The van der Waals surface area contributed by atoms with Crippen LogP contribution in [0.1, 0.15) is 12.2 Å². The maximum absolute atomic E-state index is 12.7. The summed E-state index contributed by atoms with van der Waals surface area (Å²) in [5.74, 6) is 1.58. The Hall–Kier alpha value is -2.97. The Morgan fingerprint density at radius 1 is 1.00 bits per heavy atom. The normalized spacial score (nSPS) is 13.1. The van der Waals surface area contributed by atoms with Gasteiger partial charge in [0.05, 0.1) is 17.2 Å². The number of halogens is 1. The van der Waals surface area contributed by atoms with Gasteiger partial charge in [-0.15, -0.1) is 0 Å². The first-order valence-electron chi connectivity index (χ1n) is 10.0. The van der Waals surface area contributed by atoms with Gasteiger partial charge in [0.25, 0.3) is 0 Å². The summed E-state index contributed by atoms with van der Waals surface area (Å²) < 4.78 is 42.1. The summed E-state index contributed by atoms with van der Waals surface area (Å²) in [6.07, 6.45) is -0.141. The van der Waals surface area contributed by atoms with Gasteiger partial charge in [-0.05, 0) is 48.5 Å². The molecule has 0 unspecified atom stereocenters. The van der Waals surface area contributed by atoms with E-state index >= 15 is 0 Å². The number of rotatable bonds is 7. The molecule has 9 heteroatoms. The molecule has 1 aliphatic rings. The van der Waals surface area contributed by atoms with Crippen molar-refractivity contribution in [2.24, 2.45) is 0 Å². The summed E-state index contributed by atoms with van der Waals surface area (Å²) in [6, 6.07) is 15.4. The summed E-state index contributed by atoms with van der Waals surface area (Å²) >= 11 is 5.91. The molecule has 0 spiro atoms. The van der Waals surface area contributed by atoms with E-state index in [9.17, 15) is 13.2 Å². The Kier molecular flexibility index (Phi) is 6.43. The standard InChI is InChI=1S/C23H22ClNO6S/c1-25(15-18-6-8-20(31-18)16-2-4-17(24)5-3-16)23(26)10-13-32(27,28)19-7-9-21-22(14-19)30-12-11-29-21/h2-9,14H,10-13,15H2,1H3. The molecule has 2 aromatic carbocycles. The Labute approximate surface area is 191 Å². The van der Waals surface area contributed by atoms with Gasteiger partial charge in [-0.1, -0.05) is 11.6 Å². The second-order valence-corrected chi connectivity index (χ2v) is 9.94. The minimum Gasteiger partial charge on any atom is -0.486 e. The van der Waals surface area contributed by atoms with Crippen LogP contribution < -0.4 is 9.47 Å². The second kappa shape index (κ2) is 9.26. The van der Waals surface area contributed by atoms with Gasteiger partial charge in [-0.25, -0.2) is 8.42 Å².